The molecule has 3 aromatic rings. The van der Waals surface area contributed by atoms with Gasteiger partial charge in [0.15, 0.2) is 0 Å². The first-order valence-corrected chi connectivity index (χ1v) is 8.89. The van der Waals surface area contributed by atoms with Gasteiger partial charge in [-0.05, 0) is 29.5 Å². The fraction of sp³-hybridized carbons (Fsp3) is 0.316. The van der Waals surface area contributed by atoms with Crippen molar-refractivity contribution in [2.45, 2.75) is 33.2 Å². The van der Waals surface area contributed by atoms with E-state index >= 15 is 0 Å². The number of ether oxygens (including phenoxy) is 1. The number of aryl methyl sites for hydroxylation is 1. The van der Waals surface area contributed by atoms with Gasteiger partial charge in [0.25, 0.3) is 5.56 Å². The predicted octanol–water partition coefficient (Wildman–Crippen LogP) is 3.72. The molecule has 0 spiro atoms. The van der Waals surface area contributed by atoms with Crippen molar-refractivity contribution in [2.24, 2.45) is 0 Å². The Hall–Kier alpha value is -2.47. The molecule has 0 amide bonds. The van der Waals surface area contributed by atoms with Crippen LogP contribution < -0.4 is 5.56 Å². The molecule has 3 rings (SSSR count). The molecule has 0 aliphatic heterocycles. The van der Waals surface area contributed by atoms with E-state index in [1.54, 1.807) is 11.5 Å². The topological polar surface area (TPSA) is 61.2 Å². The Morgan fingerprint density at radius 3 is 2.56 bits per heavy atom. The number of hydrogen-bond donors (Lipinski definition) is 0. The predicted molar refractivity (Wildman–Crippen MR) is 99.6 cm³/mol. The number of hydrogen-bond acceptors (Lipinski definition) is 5. The largest absolute Gasteiger partial charge is 0.465 e. The van der Waals surface area contributed by atoms with Gasteiger partial charge in [-0.2, -0.15) is 0 Å². The molecular formula is C19H20N2O3S. The van der Waals surface area contributed by atoms with E-state index in [4.69, 9.17) is 4.74 Å². The summed E-state index contributed by atoms with van der Waals surface area (Å²) >= 11 is 1.19. The zero-order valence-corrected chi connectivity index (χ0v) is 15.5. The second kappa shape index (κ2) is 6.80. The third-order valence-electron chi connectivity index (χ3n) is 4.29. The molecule has 5 nitrogen and oxygen atoms in total. The van der Waals surface area contributed by atoms with Crippen molar-refractivity contribution in [1.29, 1.82) is 0 Å². The fourth-order valence-corrected chi connectivity index (χ4v) is 3.82. The fourth-order valence-electron chi connectivity index (χ4n) is 2.76. The smallest absolute Gasteiger partial charge is 0.348 e. The molecule has 0 bridgehead atoms. The number of thiophene rings is 1. The van der Waals surface area contributed by atoms with Crippen LogP contribution in [0, 0.1) is 6.92 Å². The molecule has 0 aliphatic carbocycles. The molecule has 0 saturated carbocycles. The summed E-state index contributed by atoms with van der Waals surface area (Å²) < 4.78 is 6.35. The maximum Gasteiger partial charge on any atom is 0.348 e. The van der Waals surface area contributed by atoms with Crippen LogP contribution >= 0.6 is 11.3 Å². The minimum Gasteiger partial charge on any atom is -0.465 e. The average Bonchev–Trinajstić information content (AvgIpc) is 2.94. The molecule has 0 radical (unpaired) electrons. The van der Waals surface area contributed by atoms with Crippen LogP contribution in [0.15, 0.2) is 35.4 Å². The van der Waals surface area contributed by atoms with Gasteiger partial charge in [-0.15, -0.1) is 11.3 Å². The van der Waals surface area contributed by atoms with Crippen molar-refractivity contribution < 1.29 is 9.53 Å². The van der Waals surface area contributed by atoms with E-state index in [1.165, 1.54) is 30.3 Å². The lowest BCUT2D eigenvalue weighted by Crippen LogP contribution is -2.21. The Balaban J connectivity index is 2.00. The van der Waals surface area contributed by atoms with Crippen LogP contribution in [0.2, 0.25) is 0 Å². The quantitative estimate of drug-likeness (QED) is 0.669. The summed E-state index contributed by atoms with van der Waals surface area (Å²) in [5, 5.41) is 0.492. The lowest BCUT2D eigenvalue weighted by molar-refractivity contribution is 0.0605. The number of aromatic nitrogens is 2. The molecule has 2 heterocycles. The number of nitrogens with zero attached hydrogens (tertiary/aromatic N) is 2. The van der Waals surface area contributed by atoms with Gasteiger partial charge in [-0.25, -0.2) is 9.78 Å². The van der Waals surface area contributed by atoms with Crippen LogP contribution in [0.4, 0.5) is 0 Å². The van der Waals surface area contributed by atoms with Gasteiger partial charge in [0.05, 0.1) is 25.4 Å². The average molecular weight is 356 g/mol. The van der Waals surface area contributed by atoms with Crippen LogP contribution in [-0.2, 0) is 11.3 Å². The maximum atomic E-state index is 12.8. The summed E-state index contributed by atoms with van der Waals surface area (Å²) in [5.41, 5.74) is 2.80. The maximum absolute atomic E-state index is 12.8. The summed E-state index contributed by atoms with van der Waals surface area (Å²) in [5.74, 6) is 0.0377. The molecule has 0 unspecified atom stereocenters. The molecule has 2 aromatic heterocycles. The molecular weight excluding hydrogens is 336 g/mol. The molecule has 0 saturated heterocycles. The zero-order valence-electron chi connectivity index (χ0n) is 14.7. The van der Waals surface area contributed by atoms with E-state index in [0.717, 1.165) is 5.56 Å². The molecule has 0 fully saturated rings. The van der Waals surface area contributed by atoms with Crippen LogP contribution in [0.3, 0.4) is 0 Å². The third kappa shape index (κ3) is 3.22. The number of carbonyl (C=O) groups excluding carboxylic acids is 1. The zero-order chi connectivity index (χ0) is 18.1. The lowest BCUT2D eigenvalue weighted by Gasteiger charge is -2.08. The summed E-state index contributed by atoms with van der Waals surface area (Å²) in [4.78, 5) is 30.0. The summed E-state index contributed by atoms with van der Waals surface area (Å²) in [6.07, 6.45) is 1.54. The van der Waals surface area contributed by atoms with Crippen molar-refractivity contribution in [3.05, 3.63) is 62.5 Å². The van der Waals surface area contributed by atoms with Crippen molar-refractivity contribution in [2.75, 3.05) is 7.11 Å². The van der Waals surface area contributed by atoms with Crippen LogP contribution in [0.1, 0.15) is 46.1 Å². The molecule has 0 aliphatic rings. The standard InChI is InChI=1S/C19H20N2O3S/c1-11(2)14-7-5-13(6-8-14)9-21-10-20-17-15(18(21)22)12(3)16(25-17)19(23)24-4/h5-8,10-11H,9H2,1-4H3. The number of methoxy groups -OCH3 is 1. The second-order valence-electron chi connectivity index (χ2n) is 6.30. The summed E-state index contributed by atoms with van der Waals surface area (Å²) in [6, 6.07) is 8.24. The van der Waals surface area contributed by atoms with Crippen LogP contribution in [-0.4, -0.2) is 22.6 Å². The number of esters is 1. The van der Waals surface area contributed by atoms with Crippen molar-refractivity contribution in [1.82, 2.24) is 9.55 Å². The Kier molecular flexibility index (Phi) is 4.72. The van der Waals surface area contributed by atoms with E-state index < -0.39 is 5.97 Å². The van der Waals surface area contributed by atoms with Gasteiger partial charge in [0, 0.05) is 0 Å². The molecule has 130 valence electrons. The third-order valence-corrected chi connectivity index (χ3v) is 5.47. The van der Waals surface area contributed by atoms with Gasteiger partial charge in [0.1, 0.15) is 9.71 Å². The number of fused-ring (bicyclic) bond motifs is 1. The van der Waals surface area contributed by atoms with E-state index in [9.17, 15) is 9.59 Å². The molecule has 0 atom stereocenters. The minimum atomic E-state index is -0.435. The highest BCUT2D eigenvalue weighted by molar-refractivity contribution is 7.20. The highest BCUT2D eigenvalue weighted by atomic mass is 32.1. The Morgan fingerprint density at radius 1 is 1.28 bits per heavy atom. The second-order valence-corrected chi connectivity index (χ2v) is 7.30. The van der Waals surface area contributed by atoms with Crippen molar-refractivity contribution in [3.8, 4) is 0 Å². The Labute approximate surface area is 149 Å². The first-order chi connectivity index (χ1) is 11.9. The van der Waals surface area contributed by atoms with E-state index in [0.29, 0.717) is 33.1 Å². The first-order valence-electron chi connectivity index (χ1n) is 8.08. The van der Waals surface area contributed by atoms with Gasteiger partial charge in [0.2, 0.25) is 0 Å². The minimum absolute atomic E-state index is 0.137. The SMILES string of the molecule is COC(=O)c1sc2ncn(Cc3ccc(C(C)C)cc3)c(=O)c2c1C. The number of rotatable bonds is 4. The van der Waals surface area contributed by atoms with Crippen molar-refractivity contribution in [3.63, 3.8) is 0 Å². The molecule has 6 heteroatoms. The normalized spacial score (nSPS) is 11.2. The van der Waals surface area contributed by atoms with Gasteiger partial charge < -0.3 is 4.74 Å². The first kappa shape index (κ1) is 17.4. The number of carbonyl (C=O) groups is 1. The van der Waals surface area contributed by atoms with Gasteiger partial charge in [-0.3, -0.25) is 9.36 Å². The van der Waals surface area contributed by atoms with Crippen molar-refractivity contribution >= 4 is 27.5 Å². The lowest BCUT2D eigenvalue weighted by atomic mass is 10.0. The highest BCUT2D eigenvalue weighted by Gasteiger charge is 2.19. The molecule has 25 heavy (non-hydrogen) atoms. The Morgan fingerprint density at radius 2 is 1.96 bits per heavy atom. The van der Waals surface area contributed by atoms with E-state index in [-0.39, 0.29) is 5.56 Å². The number of benzene rings is 1. The van der Waals surface area contributed by atoms with E-state index in [1.807, 2.05) is 12.1 Å². The van der Waals surface area contributed by atoms with Crippen LogP contribution in [0.25, 0.3) is 10.2 Å². The van der Waals surface area contributed by atoms with E-state index in [2.05, 4.69) is 31.0 Å². The Bertz CT molecular complexity index is 984. The molecule has 0 N–H and O–H groups in total. The highest BCUT2D eigenvalue weighted by Crippen LogP contribution is 2.27. The van der Waals surface area contributed by atoms with Gasteiger partial charge >= 0.3 is 5.97 Å². The molecule has 1 aromatic carbocycles. The monoisotopic (exact) mass is 356 g/mol. The summed E-state index contributed by atoms with van der Waals surface area (Å²) in [6.45, 7) is 6.50. The summed E-state index contributed by atoms with van der Waals surface area (Å²) in [7, 11) is 1.33. The van der Waals surface area contributed by atoms with Crippen LogP contribution in [0.5, 0.6) is 0 Å². The van der Waals surface area contributed by atoms with Gasteiger partial charge in [-0.1, -0.05) is 38.1 Å².